The van der Waals surface area contributed by atoms with Gasteiger partial charge in [-0.25, -0.2) is 4.39 Å². The van der Waals surface area contributed by atoms with Crippen LogP contribution in [-0.2, 0) is 4.79 Å². The van der Waals surface area contributed by atoms with Crippen molar-refractivity contribution >= 4 is 35.0 Å². The molecule has 0 unspecified atom stereocenters. The van der Waals surface area contributed by atoms with Crippen LogP contribution in [0.4, 0.5) is 4.39 Å². The molecule has 1 aromatic carbocycles. The van der Waals surface area contributed by atoms with E-state index < -0.39 is 0 Å². The lowest BCUT2D eigenvalue weighted by atomic mass is 9.86. The quantitative estimate of drug-likeness (QED) is 0.422. The van der Waals surface area contributed by atoms with Crippen LogP contribution in [0.5, 0.6) is 0 Å². The number of carbonyl (C=O) groups excluding carboxylic acids is 1. The molecule has 3 N–H and O–H groups in total. The van der Waals surface area contributed by atoms with E-state index in [1.807, 2.05) is 0 Å². The maximum atomic E-state index is 12.8. The summed E-state index contributed by atoms with van der Waals surface area (Å²) in [6.45, 7) is 2.23. The molecular formula is C17H24FN3OS2. The predicted octanol–water partition coefficient (Wildman–Crippen LogP) is 3.38. The average molecular weight is 370 g/mol. The number of carbonyl (C=O) groups is 1. The first kappa shape index (κ1) is 19.0. The van der Waals surface area contributed by atoms with Crippen LogP contribution >= 0.6 is 24.0 Å². The lowest BCUT2D eigenvalue weighted by molar-refractivity contribution is -0.121. The molecule has 2 atom stereocenters. The summed E-state index contributed by atoms with van der Waals surface area (Å²) in [6, 6.07) is 6.63. The predicted molar refractivity (Wildman–Crippen MR) is 100 cm³/mol. The van der Waals surface area contributed by atoms with Crippen LogP contribution in [0.1, 0.15) is 39.0 Å². The van der Waals surface area contributed by atoms with Crippen molar-refractivity contribution in [3.05, 3.63) is 30.1 Å². The zero-order valence-corrected chi connectivity index (χ0v) is 15.4. The van der Waals surface area contributed by atoms with Gasteiger partial charge in [0.2, 0.25) is 5.91 Å². The highest BCUT2D eigenvalue weighted by molar-refractivity contribution is 7.99. The fourth-order valence-electron chi connectivity index (χ4n) is 2.72. The van der Waals surface area contributed by atoms with Crippen molar-refractivity contribution in [3.8, 4) is 0 Å². The SMILES string of the molecule is C[C@@H]1CCCC[C@H]1NC(=S)NNC(=O)CCSc1ccc(F)cc1. The van der Waals surface area contributed by atoms with Gasteiger partial charge in [-0.05, 0) is 55.2 Å². The van der Waals surface area contributed by atoms with Gasteiger partial charge in [0.15, 0.2) is 5.11 Å². The molecular weight excluding hydrogens is 345 g/mol. The van der Waals surface area contributed by atoms with E-state index in [1.54, 1.807) is 12.1 Å². The molecule has 132 valence electrons. The van der Waals surface area contributed by atoms with E-state index >= 15 is 0 Å². The third-order valence-electron chi connectivity index (χ3n) is 4.15. The maximum Gasteiger partial charge on any atom is 0.239 e. The van der Waals surface area contributed by atoms with Crippen molar-refractivity contribution in [2.75, 3.05) is 5.75 Å². The summed E-state index contributed by atoms with van der Waals surface area (Å²) in [7, 11) is 0. The second-order valence-corrected chi connectivity index (χ2v) is 7.64. The average Bonchev–Trinajstić information content (AvgIpc) is 2.57. The van der Waals surface area contributed by atoms with Crippen LogP contribution in [0.2, 0.25) is 0 Å². The van der Waals surface area contributed by atoms with Crippen LogP contribution in [0, 0.1) is 11.7 Å². The Morgan fingerprint density at radius 3 is 2.67 bits per heavy atom. The Morgan fingerprint density at radius 2 is 1.96 bits per heavy atom. The number of rotatable bonds is 5. The molecule has 7 heteroatoms. The number of hydrogen-bond acceptors (Lipinski definition) is 3. The molecule has 0 aliphatic heterocycles. The number of benzene rings is 1. The Bertz CT molecular complexity index is 553. The van der Waals surface area contributed by atoms with Gasteiger partial charge in [0.1, 0.15) is 5.82 Å². The molecule has 0 radical (unpaired) electrons. The molecule has 2 rings (SSSR count). The zero-order valence-electron chi connectivity index (χ0n) is 13.8. The molecule has 4 nitrogen and oxygen atoms in total. The highest BCUT2D eigenvalue weighted by Crippen LogP contribution is 2.23. The number of thiocarbonyl (C=S) groups is 1. The van der Waals surface area contributed by atoms with E-state index in [0.717, 1.165) is 11.3 Å². The maximum absolute atomic E-state index is 12.8. The van der Waals surface area contributed by atoms with E-state index in [1.165, 1.54) is 43.2 Å². The van der Waals surface area contributed by atoms with Crippen LogP contribution < -0.4 is 16.2 Å². The molecule has 1 aliphatic carbocycles. The molecule has 0 saturated heterocycles. The molecule has 1 aromatic rings. The Kier molecular flexibility index (Phi) is 7.78. The van der Waals surface area contributed by atoms with Crippen LogP contribution in [-0.4, -0.2) is 22.8 Å². The summed E-state index contributed by atoms with van der Waals surface area (Å²) < 4.78 is 12.8. The standard InChI is InChI=1S/C17H24FN3OS2/c1-12-4-2-3-5-15(12)19-17(23)21-20-16(22)10-11-24-14-8-6-13(18)7-9-14/h6-9,12,15H,2-5,10-11H2,1H3,(H,20,22)(H2,19,21,23)/t12-,15-/m1/s1. The third-order valence-corrected chi connectivity index (χ3v) is 5.39. The van der Waals surface area contributed by atoms with E-state index in [-0.39, 0.29) is 11.7 Å². The Hall–Kier alpha value is -1.34. The molecule has 1 saturated carbocycles. The van der Waals surface area contributed by atoms with E-state index in [9.17, 15) is 9.18 Å². The number of amides is 1. The van der Waals surface area contributed by atoms with E-state index in [4.69, 9.17) is 12.2 Å². The largest absolute Gasteiger partial charge is 0.358 e. The van der Waals surface area contributed by atoms with Crippen molar-refractivity contribution in [2.45, 2.75) is 50.0 Å². The van der Waals surface area contributed by atoms with Gasteiger partial charge in [-0.1, -0.05) is 19.8 Å². The van der Waals surface area contributed by atoms with Crippen LogP contribution in [0.3, 0.4) is 0 Å². The Morgan fingerprint density at radius 1 is 1.25 bits per heavy atom. The van der Waals surface area contributed by atoms with Gasteiger partial charge in [-0.2, -0.15) is 0 Å². The molecule has 1 fully saturated rings. The molecule has 24 heavy (non-hydrogen) atoms. The minimum atomic E-state index is -0.255. The minimum absolute atomic E-state index is 0.120. The first-order valence-electron chi connectivity index (χ1n) is 8.28. The van der Waals surface area contributed by atoms with Crippen LogP contribution in [0.15, 0.2) is 29.2 Å². The van der Waals surface area contributed by atoms with Crippen LogP contribution in [0.25, 0.3) is 0 Å². The van der Waals surface area contributed by atoms with Crippen molar-refractivity contribution in [2.24, 2.45) is 5.92 Å². The van der Waals surface area contributed by atoms with Gasteiger partial charge in [-0.15, -0.1) is 11.8 Å². The highest BCUT2D eigenvalue weighted by Gasteiger charge is 2.21. The van der Waals surface area contributed by atoms with Crippen molar-refractivity contribution in [3.63, 3.8) is 0 Å². The number of hydrazine groups is 1. The van der Waals surface area contributed by atoms with Crippen molar-refractivity contribution in [1.82, 2.24) is 16.2 Å². The first-order valence-corrected chi connectivity index (χ1v) is 9.67. The fourth-order valence-corrected chi connectivity index (χ4v) is 3.77. The highest BCUT2D eigenvalue weighted by atomic mass is 32.2. The summed E-state index contributed by atoms with van der Waals surface area (Å²) in [5, 5.41) is 3.74. The van der Waals surface area contributed by atoms with Gasteiger partial charge >= 0.3 is 0 Å². The molecule has 0 spiro atoms. The summed E-state index contributed by atoms with van der Waals surface area (Å²) >= 11 is 6.75. The van der Waals surface area contributed by atoms with Gasteiger partial charge in [0, 0.05) is 23.1 Å². The monoisotopic (exact) mass is 369 g/mol. The minimum Gasteiger partial charge on any atom is -0.358 e. The number of hydrogen-bond donors (Lipinski definition) is 3. The topological polar surface area (TPSA) is 53.2 Å². The van der Waals surface area contributed by atoms with Gasteiger partial charge in [0.25, 0.3) is 0 Å². The van der Waals surface area contributed by atoms with Crippen molar-refractivity contribution in [1.29, 1.82) is 0 Å². The van der Waals surface area contributed by atoms with Crippen molar-refractivity contribution < 1.29 is 9.18 Å². The fraction of sp³-hybridized carbons (Fsp3) is 0.529. The van der Waals surface area contributed by atoms with E-state index in [2.05, 4.69) is 23.1 Å². The molecule has 1 aliphatic rings. The second-order valence-electron chi connectivity index (χ2n) is 6.07. The summed E-state index contributed by atoms with van der Waals surface area (Å²) in [5.41, 5.74) is 5.38. The third kappa shape index (κ3) is 6.65. The lowest BCUT2D eigenvalue weighted by Crippen LogP contribution is -2.51. The summed E-state index contributed by atoms with van der Waals surface area (Å²) in [4.78, 5) is 12.8. The number of nitrogens with one attached hydrogen (secondary N) is 3. The lowest BCUT2D eigenvalue weighted by Gasteiger charge is -2.30. The first-order chi connectivity index (χ1) is 11.5. The Balaban J connectivity index is 1.60. The summed E-state index contributed by atoms with van der Waals surface area (Å²) in [5.74, 6) is 0.847. The molecule has 0 heterocycles. The van der Waals surface area contributed by atoms with Gasteiger partial charge in [0.05, 0.1) is 0 Å². The molecule has 0 bridgehead atoms. The summed E-state index contributed by atoms with van der Waals surface area (Å²) in [6.07, 6.45) is 5.19. The smallest absolute Gasteiger partial charge is 0.239 e. The van der Waals surface area contributed by atoms with Gasteiger partial charge in [-0.3, -0.25) is 15.6 Å². The van der Waals surface area contributed by atoms with E-state index in [0.29, 0.717) is 29.2 Å². The molecule has 1 amide bonds. The zero-order chi connectivity index (χ0) is 17.4. The van der Waals surface area contributed by atoms with Gasteiger partial charge < -0.3 is 5.32 Å². The molecule has 0 aromatic heterocycles. The number of thioether (sulfide) groups is 1. The Labute approximate surface area is 152 Å². The number of halogens is 1. The normalized spacial score (nSPS) is 20.2. The second kappa shape index (κ2) is 9.84.